The largest absolute Gasteiger partial charge is 0.478 e. The minimum atomic E-state index is -0.963. The van der Waals surface area contributed by atoms with Gasteiger partial charge in [0.2, 0.25) is 5.91 Å². The average molecular weight is 288 g/mol. The van der Waals surface area contributed by atoms with Gasteiger partial charge in [-0.25, -0.2) is 4.79 Å². The van der Waals surface area contributed by atoms with Crippen molar-refractivity contribution in [3.05, 3.63) is 35.4 Å². The number of hydrogen-bond acceptors (Lipinski definition) is 3. The first-order valence-corrected chi connectivity index (χ1v) is 7.09. The number of nitrogens with zero attached hydrogens (tertiary/aromatic N) is 1. The van der Waals surface area contributed by atoms with Gasteiger partial charge in [-0.3, -0.25) is 4.79 Å². The molecule has 1 aliphatic rings. The van der Waals surface area contributed by atoms with E-state index < -0.39 is 5.97 Å². The van der Waals surface area contributed by atoms with Gasteiger partial charge >= 0.3 is 5.97 Å². The van der Waals surface area contributed by atoms with Crippen molar-refractivity contribution in [1.82, 2.24) is 5.32 Å². The zero-order valence-electron chi connectivity index (χ0n) is 12.3. The molecule has 0 saturated carbocycles. The maximum atomic E-state index is 11.9. The number of hydrogen-bond donors (Lipinski definition) is 2. The molecule has 1 atom stereocenters. The molecule has 0 aromatic heterocycles. The first-order valence-electron chi connectivity index (χ1n) is 7.09. The highest BCUT2D eigenvalue weighted by atomic mass is 16.4. The van der Waals surface area contributed by atoms with Crippen LogP contribution in [-0.2, 0) is 9.59 Å². The van der Waals surface area contributed by atoms with E-state index in [1.165, 1.54) is 0 Å². The Morgan fingerprint density at radius 2 is 2.29 bits per heavy atom. The number of nitrogens with one attached hydrogen (secondary N) is 1. The maximum Gasteiger partial charge on any atom is 0.328 e. The Morgan fingerprint density at radius 1 is 1.52 bits per heavy atom. The number of anilines is 1. The predicted molar refractivity (Wildman–Crippen MR) is 82.3 cm³/mol. The SMILES string of the molecule is CCC1C(=O)NCCN1c1ccc(C=CC(=O)O)cc1C. The quantitative estimate of drug-likeness (QED) is 0.829. The van der Waals surface area contributed by atoms with Gasteiger partial charge in [0.25, 0.3) is 0 Å². The number of amides is 1. The van der Waals surface area contributed by atoms with Crippen LogP contribution in [-0.4, -0.2) is 36.1 Å². The molecular formula is C16H20N2O3. The van der Waals surface area contributed by atoms with Crippen LogP contribution in [0.1, 0.15) is 24.5 Å². The summed E-state index contributed by atoms with van der Waals surface area (Å²) in [6, 6.07) is 5.63. The number of aliphatic carboxylic acids is 1. The van der Waals surface area contributed by atoms with E-state index in [-0.39, 0.29) is 11.9 Å². The van der Waals surface area contributed by atoms with Gasteiger partial charge in [0.1, 0.15) is 6.04 Å². The molecule has 1 unspecified atom stereocenters. The zero-order chi connectivity index (χ0) is 15.4. The van der Waals surface area contributed by atoms with Gasteiger partial charge in [0.15, 0.2) is 0 Å². The molecule has 1 amide bonds. The Balaban J connectivity index is 2.27. The molecule has 1 aromatic carbocycles. The highest BCUT2D eigenvalue weighted by Crippen LogP contribution is 2.26. The summed E-state index contributed by atoms with van der Waals surface area (Å²) in [5.41, 5.74) is 2.91. The molecule has 2 N–H and O–H groups in total. The molecule has 0 bridgehead atoms. The maximum absolute atomic E-state index is 11.9. The van der Waals surface area contributed by atoms with Gasteiger partial charge in [-0.05, 0) is 42.7 Å². The van der Waals surface area contributed by atoms with Crippen LogP contribution in [0.3, 0.4) is 0 Å². The third-order valence-corrected chi connectivity index (χ3v) is 3.67. The topological polar surface area (TPSA) is 69.6 Å². The minimum absolute atomic E-state index is 0.0676. The molecule has 1 aromatic rings. The van der Waals surface area contributed by atoms with Crippen molar-refractivity contribution in [2.24, 2.45) is 0 Å². The molecular weight excluding hydrogens is 268 g/mol. The lowest BCUT2D eigenvalue weighted by Crippen LogP contribution is -2.55. The van der Waals surface area contributed by atoms with E-state index in [9.17, 15) is 9.59 Å². The highest BCUT2D eigenvalue weighted by Gasteiger charge is 2.28. The molecule has 0 aliphatic carbocycles. The summed E-state index contributed by atoms with van der Waals surface area (Å²) in [4.78, 5) is 24.6. The van der Waals surface area contributed by atoms with Crippen LogP contribution in [0.4, 0.5) is 5.69 Å². The van der Waals surface area contributed by atoms with Crippen LogP contribution in [0.25, 0.3) is 6.08 Å². The number of carboxylic acid groups (broad SMARTS) is 1. The van der Waals surface area contributed by atoms with Crippen LogP contribution in [0.5, 0.6) is 0 Å². The lowest BCUT2D eigenvalue weighted by Gasteiger charge is -2.37. The Bertz CT molecular complexity index is 581. The van der Waals surface area contributed by atoms with Gasteiger partial charge in [0, 0.05) is 24.9 Å². The second kappa shape index (κ2) is 6.43. The first-order chi connectivity index (χ1) is 10.0. The lowest BCUT2D eigenvalue weighted by atomic mass is 10.0. The smallest absolute Gasteiger partial charge is 0.328 e. The molecule has 5 nitrogen and oxygen atoms in total. The van der Waals surface area contributed by atoms with Crippen molar-refractivity contribution in [2.75, 3.05) is 18.0 Å². The van der Waals surface area contributed by atoms with Crippen molar-refractivity contribution < 1.29 is 14.7 Å². The molecule has 0 spiro atoms. The van der Waals surface area contributed by atoms with E-state index in [0.29, 0.717) is 6.54 Å². The summed E-state index contributed by atoms with van der Waals surface area (Å²) in [6.45, 7) is 5.42. The summed E-state index contributed by atoms with van der Waals surface area (Å²) in [5, 5.41) is 11.5. The predicted octanol–water partition coefficient (Wildman–Crippen LogP) is 1.81. The fourth-order valence-electron chi connectivity index (χ4n) is 2.68. The number of carbonyl (C=O) groups excluding carboxylic acids is 1. The zero-order valence-corrected chi connectivity index (χ0v) is 12.3. The van der Waals surface area contributed by atoms with Gasteiger partial charge < -0.3 is 15.3 Å². The second-order valence-electron chi connectivity index (χ2n) is 5.13. The Morgan fingerprint density at radius 3 is 2.90 bits per heavy atom. The fraction of sp³-hybridized carbons (Fsp3) is 0.375. The summed E-state index contributed by atoms with van der Waals surface area (Å²) < 4.78 is 0. The van der Waals surface area contributed by atoms with Crippen molar-refractivity contribution in [3.63, 3.8) is 0 Å². The third-order valence-electron chi connectivity index (χ3n) is 3.67. The normalized spacial score (nSPS) is 18.9. The number of carboxylic acids is 1. The summed E-state index contributed by atoms with van der Waals surface area (Å²) in [5.74, 6) is -0.895. The monoisotopic (exact) mass is 288 g/mol. The van der Waals surface area contributed by atoms with E-state index in [1.54, 1.807) is 6.08 Å². The molecule has 21 heavy (non-hydrogen) atoms. The highest BCUT2D eigenvalue weighted by molar-refractivity contribution is 5.87. The van der Waals surface area contributed by atoms with E-state index in [4.69, 9.17) is 5.11 Å². The fourth-order valence-corrected chi connectivity index (χ4v) is 2.68. The molecule has 0 radical (unpaired) electrons. The van der Waals surface area contributed by atoms with Crippen molar-refractivity contribution >= 4 is 23.6 Å². The average Bonchev–Trinajstić information content (AvgIpc) is 2.45. The molecule has 5 heteroatoms. The summed E-state index contributed by atoms with van der Waals surface area (Å²) >= 11 is 0. The molecule has 1 heterocycles. The Kier molecular flexibility index (Phi) is 4.62. The number of rotatable bonds is 4. The van der Waals surface area contributed by atoms with Crippen LogP contribution in [0.15, 0.2) is 24.3 Å². The Hall–Kier alpha value is -2.30. The van der Waals surface area contributed by atoms with E-state index >= 15 is 0 Å². The van der Waals surface area contributed by atoms with Gasteiger partial charge in [0.05, 0.1) is 0 Å². The van der Waals surface area contributed by atoms with Crippen LogP contribution >= 0.6 is 0 Å². The Labute approximate surface area is 124 Å². The van der Waals surface area contributed by atoms with Crippen LogP contribution in [0, 0.1) is 6.92 Å². The van der Waals surface area contributed by atoms with Gasteiger partial charge in [-0.2, -0.15) is 0 Å². The first kappa shape index (κ1) is 15.1. The summed E-state index contributed by atoms with van der Waals surface area (Å²) in [6.07, 6.45) is 3.45. The number of benzene rings is 1. The standard InChI is InChI=1S/C16H20N2O3/c1-3-13-16(21)17-8-9-18(13)14-6-4-12(10-11(14)2)5-7-15(19)20/h4-7,10,13H,3,8-9H2,1-2H3,(H,17,21)(H,19,20). The van der Waals surface area contributed by atoms with Crippen molar-refractivity contribution in [2.45, 2.75) is 26.3 Å². The van der Waals surface area contributed by atoms with E-state index in [1.807, 2.05) is 32.0 Å². The van der Waals surface area contributed by atoms with Crippen LogP contribution in [0.2, 0.25) is 0 Å². The number of aryl methyl sites for hydroxylation is 1. The lowest BCUT2D eigenvalue weighted by molar-refractivity contribution is -0.131. The van der Waals surface area contributed by atoms with Gasteiger partial charge in [-0.1, -0.05) is 13.0 Å². The number of carbonyl (C=O) groups is 2. The molecule has 1 aliphatic heterocycles. The van der Waals surface area contributed by atoms with Crippen molar-refractivity contribution in [1.29, 1.82) is 0 Å². The van der Waals surface area contributed by atoms with E-state index in [2.05, 4.69) is 10.2 Å². The molecule has 2 rings (SSSR count). The minimum Gasteiger partial charge on any atom is -0.478 e. The van der Waals surface area contributed by atoms with Gasteiger partial charge in [-0.15, -0.1) is 0 Å². The molecule has 112 valence electrons. The third kappa shape index (κ3) is 3.42. The molecule has 1 fully saturated rings. The molecule has 1 saturated heterocycles. The number of piperazine rings is 1. The van der Waals surface area contributed by atoms with Crippen LogP contribution < -0.4 is 10.2 Å². The van der Waals surface area contributed by atoms with Crippen molar-refractivity contribution in [3.8, 4) is 0 Å². The van der Waals surface area contributed by atoms with E-state index in [0.717, 1.165) is 35.9 Å². The second-order valence-corrected chi connectivity index (χ2v) is 5.13. The summed E-state index contributed by atoms with van der Waals surface area (Å²) in [7, 11) is 0.